The van der Waals surface area contributed by atoms with Crippen molar-refractivity contribution in [2.45, 2.75) is 57.2 Å². The van der Waals surface area contributed by atoms with Crippen molar-refractivity contribution in [2.75, 3.05) is 6.61 Å². The summed E-state index contributed by atoms with van der Waals surface area (Å²) in [7, 11) is 0. The highest BCUT2D eigenvalue weighted by molar-refractivity contribution is 7.11. The van der Waals surface area contributed by atoms with Crippen LogP contribution in [0.3, 0.4) is 0 Å². The van der Waals surface area contributed by atoms with Crippen molar-refractivity contribution in [3.05, 3.63) is 15.6 Å². The molecular weight excluding hydrogens is 234 g/mol. The molecule has 1 aromatic rings. The number of ether oxygens (including phenoxy) is 1. The van der Waals surface area contributed by atoms with Gasteiger partial charge in [0.1, 0.15) is 0 Å². The van der Waals surface area contributed by atoms with Gasteiger partial charge in [-0.15, -0.1) is 11.3 Å². The van der Waals surface area contributed by atoms with Crippen molar-refractivity contribution in [2.24, 2.45) is 0 Å². The fourth-order valence-electron chi connectivity index (χ4n) is 2.70. The van der Waals surface area contributed by atoms with Crippen LogP contribution < -0.4 is 0 Å². The minimum atomic E-state index is -0.323. The Hall–Kier alpha value is -0.450. The molecular formula is C13H19NO2S. The van der Waals surface area contributed by atoms with E-state index in [1.807, 2.05) is 0 Å². The van der Waals surface area contributed by atoms with Gasteiger partial charge in [0.15, 0.2) is 0 Å². The third kappa shape index (κ3) is 2.54. The van der Waals surface area contributed by atoms with Crippen LogP contribution in [0.4, 0.5) is 0 Å². The van der Waals surface area contributed by atoms with Crippen molar-refractivity contribution < 1.29 is 9.84 Å². The summed E-state index contributed by atoms with van der Waals surface area (Å²) in [6, 6.07) is 0. The van der Waals surface area contributed by atoms with Crippen molar-refractivity contribution in [3.63, 3.8) is 0 Å². The van der Waals surface area contributed by atoms with E-state index < -0.39 is 0 Å². The second kappa shape index (κ2) is 5.04. The Bertz CT molecular complexity index is 385. The molecule has 2 heterocycles. The Morgan fingerprint density at radius 1 is 1.29 bits per heavy atom. The lowest BCUT2D eigenvalue weighted by Gasteiger charge is -2.21. The quantitative estimate of drug-likeness (QED) is 0.881. The molecule has 4 heteroatoms. The molecule has 17 heavy (non-hydrogen) atoms. The van der Waals surface area contributed by atoms with E-state index in [-0.39, 0.29) is 6.10 Å². The van der Waals surface area contributed by atoms with Crippen molar-refractivity contribution in [3.8, 4) is 0 Å². The smallest absolute Gasteiger partial charge is 0.0971 e. The Morgan fingerprint density at radius 2 is 2.24 bits per heavy atom. The van der Waals surface area contributed by atoms with Gasteiger partial charge in [0, 0.05) is 17.9 Å². The molecule has 0 bridgehead atoms. The fraction of sp³-hybridized carbons (Fsp3) is 0.769. The van der Waals surface area contributed by atoms with Crippen LogP contribution in [-0.4, -0.2) is 22.8 Å². The molecule has 1 aromatic heterocycles. The first kappa shape index (κ1) is 11.6. The highest BCUT2D eigenvalue weighted by Crippen LogP contribution is 2.34. The number of aryl methyl sites for hydroxylation is 1. The zero-order chi connectivity index (χ0) is 11.7. The first-order valence-corrected chi connectivity index (χ1v) is 7.43. The minimum absolute atomic E-state index is 0.323. The molecule has 2 atom stereocenters. The van der Waals surface area contributed by atoms with Gasteiger partial charge < -0.3 is 9.84 Å². The third-order valence-corrected chi connectivity index (χ3v) is 4.80. The van der Waals surface area contributed by atoms with Crippen LogP contribution in [0.2, 0.25) is 0 Å². The average Bonchev–Trinajstić information content (AvgIpc) is 2.74. The summed E-state index contributed by atoms with van der Waals surface area (Å²) in [6.07, 6.45) is 7.66. The van der Waals surface area contributed by atoms with Crippen molar-refractivity contribution in [1.82, 2.24) is 4.98 Å². The number of rotatable bonds is 2. The summed E-state index contributed by atoms with van der Waals surface area (Å²) >= 11 is 1.78. The molecule has 0 aromatic carbocycles. The van der Waals surface area contributed by atoms with E-state index >= 15 is 0 Å². The Balaban J connectivity index is 1.71. The van der Waals surface area contributed by atoms with E-state index in [1.54, 1.807) is 11.3 Å². The van der Waals surface area contributed by atoms with Gasteiger partial charge in [0.25, 0.3) is 0 Å². The van der Waals surface area contributed by atoms with Gasteiger partial charge in [-0.3, -0.25) is 0 Å². The van der Waals surface area contributed by atoms with Gasteiger partial charge in [0.2, 0.25) is 0 Å². The highest BCUT2D eigenvalue weighted by Gasteiger charge is 2.24. The average molecular weight is 253 g/mol. The van der Waals surface area contributed by atoms with Crippen LogP contribution in [-0.2, 0) is 17.6 Å². The second-order valence-electron chi connectivity index (χ2n) is 5.02. The molecule has 2 unspecified atom stereocenters. The fourth-order valence-corrected chi connectivity index (χ4v) is 3.93. The molecule has 94 valence electrons. The summed E-state index contributed by atoms with van der Waals surface area (Å²) in [5.41, 5.74) is 0.951. The molecule has 2 aliphatic rings. The largest absolute Gasteiger partial charge is 0.387 e. The lowest BCUT2D eigenvalue weighted by atomic mass is 10.0. The monoisotopic (exact) mass is 253 g/mol. The van der Waals surface area contributed by atoms with Crippen molar-refractivity contribution in [1.29, 1.82) is 0 Å². The molecule has 0 spiro atoms. The highest BCUT2D eigenvalue weighted by atomic mass is 32.1. The number of hydrogen-bond donors (Lipinski definition) is 1. The lowest BCUT2D eigenvalue weighted by molar-refractivity contribution is 0.0167. The number of hydrogen-bond acceptors (Lipinski definition) is 4. The number of aromatic nitrogens is 1. The minimum Gasteiger partial charge on any atom is -0.387 e. The van der Waals surface area contributed by atoms with E-state index in [0.29, 0.717) is 6.10 Å². The second-order valence-corrected chi connectivity index (χ2v) is 6.18. The molecule has 1 aliphatic carbocycles. The summed E-state index contributed by atoms with van der Waals surface area (Å²) < 4.78 is 5.74. The van der Waals surface area contributed by atoms with Crippen LogP contribution in [0.15, 0.2) is 0 Å². The molecule has 0 saturated carbocycles. The zero-order valence-electron chi connectivity index (χ0n) is 10.0. The molecule has 0 radical (unpaired) electrons. The van der Waals surface area contributed by atoms with Gasteiger partial charge in [0.05, 0.1) is 22.9 Å². The third-order valence-electron chi connectivity index (χ3n) is 3.65. The van der Waals surface area contributed by atoms with Crippen LogP contribution >= 0.6 is 11.3 Å². The normalized spacial score (nSPS) is 29.0. The van der Waals surface area contributed by atoms with Gasteiger partial charge in [-0.25, -0.2) is 4.98 Å². The van der Waals surface area contributed by atoms with E-state index in [9.17, 15) is 5.11 Å². The predicted molar refractivity (Wildman–Crippen MR) is 67.3 cm³/mol. The molecule has 1 saturated heterocycles. The van der Waals surface area contributed by atoms with Crippen molar-refractivity contribution >= 4 is 11.3 Å². The van der Waals surface area contributed by atoms with Gasteiger partial charge in [-0.1, -0.05) is 0 Å². The van der Waals surface area contributed by atoms with E-state index in [2.05, 4.69) is 4.98 Å². The standard InChI is InChI=1S/C13H19NO2S/c15-10-5-3-6-11-13(10)14-12(17-11)8-9-4-1-2-7-16-9/h9-10,15H,1-8H2. The molecule has 1 N–H and O–H groups in total. The van der Waals surface area contributed by atoms with Crippen LogP contribution in [0.25, 0.3) is 0 Å². The topological polar surface area (TPSA) is 42.4 Å². The Morgan fingerprint density at radius 3 is 3.00 bits per heavy atom. The molecule has 1 aliphatic heterocycles. The first-order chi connectivity index (χ1) is 8.33. The Kier molecular flexibility index (Phi) is 3.45. The maximum Gasteiger partial charge on any atom is 0.0971 e. The van der Waals surface area contributed by atoms with E-state index in [0.717, 1.165) is 49.4 Å². The Labute approximate surface area is 106 Å². The molecule has 3 nitrogen and oxygen atoms in total. The van der Waals surface area contributed by atoms with Crippen LogP contribution in [0.5, 0.6) is 0 Å². The number of aliphatic hydroxyl groups excluding tert-OH is 1. The zero-order valence-corrected chi connectivity index (χ0v) is 10.8. The van der Waals surface area contributed by atoms with Crippen LogP contribution in [0.1, 0.15) is 53.8 Å². The molecule has 1 fully saturated rings. The maximum absolute atomic E-state index is 9.89. The summed E-state index contributed by atoms with van der Waals surface area (Å²) in [5.74, 6) is 0. The summed E-state index contributed by atoms with van der Waals surface area (Å²) in [5, 5.41) is 11.0. The SMILES string of the molecule is OC1CCCc2sc(CC3CCCCO3)nc21. The van der Waals surface area contributed by atoms with Gasteiger partial charge >= 0.3 is 0 Å². The lowest BCUT2D eigenvalue weighted by Crippen LogP contribution is -2.21. The van der Waals surface area contributed by atoms with E-state index in [1.165, 1.54) is 17.7 Å². The maximum atomic E-state index is 9.89. The predicted octanol–water partition coefficient (Wildman–Crippen LogP) is 2.62. The van der Waals surface area contributed by atoms with Gasteiger partial charge in [-0.2, -0.15) is 0 Å². The van der Waals surface area contributed by atoms with E-state index in [4.69, 9.17) is 4.74 Å². The number of thiazole rings is 1. The summed E-state index contributed by atoms with van der Waals surface area (Å²) in [4.78, 5) is 5.91. The van der Waals surface area contributed by atoms with Crippen LogP contribution in [0, 0.1) is 0 Å². The number of aliphatic hydroxyl groups is 1. The number of fused-ring (bicyclic) bond motifs is 1. The van der Waals surface area contributed by atoms with Gasteiger partial charge in [-0.05, 0) is 38.5 Å². The summed E-state index contributed by atoms with van der Waals surface area (Å²) in [6.45, 7) is 0.901. The molecule has 3 rings (SSSR count). The molecule has 0 amide bonds. The first-order valence-electron chi connectivity index (χ1n) is 6.61. The number of nitrogens with zero attached hydrogens (tertiary/aromatic N) is 1.